The van der Waals surface area contributed by atoms with Crippen LogP contribution in [0, 0.1) is 13.8 Å². The third-order valence-corrected chi connectivity index (χ3v) is 7.28. The molecule has 0 radical (unpaired) electrons. The highest BCUT2D eigenvalue weighted by Crippen LogP contribution is 2.41. The van der Waals surface area contributed by atoms with Crippen molar-refractivity contribution in [1.82, 2.24) is 9.29 Å². The van der Waals surface area contributed by atoms with E-state index in [4.69, 9.17) is 9.47 Å². The second-order valence-electron chi connectivity index (χ2n) is 8.01. The number of aromatic amines is 1. The lowest BCUT2D eigenvalue weighted by atomic mass is 9.89. The van der Waals surface area contributed by atoms with Crippen LogP contribution in [0.2, 0.25) is 0 Å². The third-order valence-electron chi connectivity index (χ3n) is 6.04. The molecule has 0 bridgehead atoms. The third kappa shape index (κ3) is 3.70. The first-order valence-corrected chi connectivity index (χ1v) is 11.8. The van der Waals surface area contributed by atoms with Gasteiger partial charge in [-0.25, -0.2) is 8.42 Å². The van der Waals surface area contributed by atoms with Crippen LogP contribution in [0.3, 0.4) is 0 Å². The number of hydrogen-bond acceptors (Lipinski definition) is 5. The zero-order chi connectivity index (χ0) is 22.5. The van der Waals surface area contributed by atoms with E-state index in [0.29, 0.717) is 23.5 Å². The fraction of sp³-hybridized carbons (Fsp3) is 0.348. The predicted octanol–water partition coefficient (Wildman–Crippen LogP) is 3.07. The number of fused-ring (bicyclic) bond motifs is 2. The van der Waals surface area contributed by atoms with Gasteiger partial charge in [-0.05, 0) is 78.2 Å². The Morgan fingerprint density at radius 3 is 2.26 bits per heavy atom. The normalized spacial score (nSPS) is 16.9. The van der Waals surface area contributed by atoms with E-state index < -0.39 is 16.1 Å². The Morgan fingerprint density at radius 1 is 0.968 bits per heavy atom. The van der Waals surface area contributed by atoms with Crippen LogP contribution in [0.25, 0.3) is 10.9 Å². The molecular formula is C23H26N2O5S. The molecule has 0 saturated carbocycles. The second kappa shape index (κ2) is 7.69. The number of nitrogens with one attached hydrogen (secondary N) is 1. The van der Waals surface area contributed by atoms with Gasteiger partial charge in [0.2, 0.25) is 10.0 Å². The Bertz CT molecular complexity index is 1340. The van der Waals surface area contributed by atoms with E-state index in [-0.39, 0.29) is 12.1 Å². The molecule has 164 valence electrons. The molecule has 0 amide bonds. The number of benzene rings is 2. The maximum absolute atomic E-state index is 13.2. The average Bonchev–Trinajstić information content (AvgIpc) is 2.72. The molecular weight excluding hydrogens is 416 g/mol. The summed E-state index contributed by atoms with van der Waals surface area (Å²) in [4.78, 5) is 16.1. The van der Waals surface area contributed by atoms with Gasteiger partial charge >= 0.3 is 0 Å². The topological polar surface area (TPSA) is 88.7 Å². The molecule has 1 aliphatic heterocycles. The Labute approximate surface area is 181 Å². The molecule has 1 N–H and O–H groups in total. The molecule has 0 spiro atoms. The minimum absolute atomic E-state index is 0.274. The minimum Gasteiger partial charge on any atom is -0.493 e. The van der Waals surface area contributed by atoms with Crippen molar-refractivity contribution < 1.29 is 17.9 Å². The number of sulfonamides is 1. The van der Waals surface area contributed by atoms with E-state index in [1.165, 1.54) is 17.7 Å². The van der Waals surface area contributed by atoms with Gasteiger partial charge in [0.1, 0.15) is 0 Å². The first-order valence-electron chi connectivity index (χ1n) is 10.00. The van der Waals surface area contributed by atoms with Gasteiger partial charge in [0.15, 0.2) is 11.5 Å². The van der Waals surface area contributed by atoms with E-state index in [9.17, 15) is 13.2 Å². The summed E-state index contributed by atoms with van der Waals surface area (Å²) in [6, 6.07) is 8.63. The number of aryl methyl sites for hydroxylation is 2. The van der Waals surface area contributed by atoms with Crippen molar-refractivity contribution in [2.75, 3.05) is 27.0 Å². The number of rotatable bonds is 4. The summed E-state index contributed by atoms with van der Waals surface area (Å²) < 4.78 is 37.6. The van der Waals surface area contributed by atoms with Gasteiger partial charge in [-0.1, -0.05) is 0 Å². The molecule has 1 unspecified atom stereocenters. The van der Waals surface area contributed by atoms with Crippen molar-refractivity contribution >= 4 is 20.9 Å². The molecule has 0 fully saturated rings. The molecule has 8 heteroatoms. The van der Waals surface area contributed by atoms with Gasteiger partial charge in [0.25, 0.3) is 5.56 Å². The predicted molar refractivity (Wildman–Crippen MR) is 121 cm³/mol. The van der Waals surface area contributed by atoms with Crippen molar-refractivity contribution in [3.8, 4) is 11.5 Å². The number of hydrogen-bond donors (Lipinski definition) is 1. The minimum atomic E-state index is -3.58. The van der Waals surface area contributed by atoms with E-state index >= 15 is 0 Å². The first kappa shape index (κ1) is 21.4. The molecule has 1 aromatic heterocycles. The molecule has 1 aliphatic rings. The van der Waals surface area contributed by atoms with Crippen LogP contribution < -0.4 is 15.0 Å². The average molecular weight is 443 g/mol. The summed E-state index contributed by atoms with van der Waals surface area (Å²) >= 11 is 0. The van der Waals surface area contributed by atoms with Crippen molar-refractivity contribution in [2.45, 2.75) is 26.3 Å². The fourth-order valence-corrected chi connectivity index (χ4v) is 5.33. The summed E-state index contributed by atoms with van der Waals surface area (Å²) in [6.07, 6.45) is 1.69. The standard InChI is InChI=1S/C23H26N2O5S/c1-13-8-16-10-18(23(26)24-19(16)9-14(13)2)22-17-12-21(30-4)20(29-3)11-15(17)6-7-25(22)31(5,27)28/h8-12,22H,6-7H2,1-5H3,(H,24,26). The Morgan fingerprint density at radius 2 is 1.61 bits per heavy atom. The van der Waals surface area contributed by atoms with Crippen molar-refractivity contribution in [2.24, 2.45) is 0 Å². The lowest BCUT2D eigenvalue weighted by molar-refractivity contribution is 0.332. The quantitative estimate of drug-likeness (QED) is 0.671. The van der Waals surface area contributed by atoms with Crippen molar-refractivity contribution in [3.63, 3.8) is 0 Å². The summed E-state index contributed by atoms with van der Waals surface area (Å²) in [5, 5.41) is 0.860. The monoisotopic (exact) mass is 442 g/mol. The van der Waals surface area contributed by atoms with Crippen LogP contribution in [-0.2, 0) is 16.4 Å². The van der Waals surface area contributed by atoms with Crippen LogP contribution in [0.4, 0.5) is 0 Å². The van der Waals surface area contributed by atoms with E-state index in [0.717, 1.165) is 33.2 Å². The maximum atomic E-state index is 13.2. The van der Waals surface area contributed by atoms with E-state index in [1.807, 2.05) is 32.0 Å². The largest absolute Gasteiger partial charge is 0.493 e. The molecule has 1 atom stereocenters. The lowest BCUT2D eigenvalue weighted by Crippen LogP contribution is -2.42. The number of nitrogens with zero attached hydrogens (tertiary/aromatic N) is 1. The molecule has 3 aromatic rings. The zero-order valence-corrected chi connectivity index (χ0v) is 19.1. The number of pyridine rings is 1. The number of H-pyrrole nitrogens is 1. The Kier molecular flexibility index (Phi) is 5.31. The van der Waals surface area contributed by atoms with Gasteiger partial charge in [0.05, 0.1) is 26.5 Å². The zero-order valence-electron chi connectivity index (χ0n) is 18.3. The highest BCUT2D eigenvalue weighted by atomic mass is 32.2. The summed E-state index contributed by atoms with van der Waals surface area (Å²) in [5.41, 5.74) is 4.64. The SMILES string of the molecule is COc1cc2c(cc1OC)C(c1cc3cc(C)c(C)cc3[nH]c1=O)N(S(C)(=O)=O)CC2. The van der Waals surface area contributed by atoms with Crippen LogP contribution in [0.1, 0.15) is 33.9 Å². The molecule has 2 heterocycles. The van der Waals surface area contributed by atoms with Crippen LogP contribution in [0.5, 0.6) is 11.5 Å². The summed E-state index contributed by atoms with van der Waals surface area (Å²) in [5.74, 6) is 1.07. The van der Waals surface area contributed by atoms with Crippen LogP contribution in [0.15, 0.2) is 35.1 Å². The van der Waals surface area contributed by atoms with Gasteiger partial charge in [-0.15, -0.1) is 0 Å². The number of methoxy groups -OCH3 is 2. The highest BCUT2D eigenvalue weighted by molar-refractivity contribution is 7.88. The molecule has 0 aliphatic carbocycles. The smallest absolute Gasteiger partial charge is 0.253 e. The summed E-state index contributed by atoms with van der Waals surface area (Å²) in [7, 11) is -0.484. The van der Waals surface area contributed by atoms with Gasteiger partial charge in [0, 0.05) is 17.6 Å². The highest BCUT2D eigenvalue weighted by Gasteiger charge is 2.37. The van der Waals surface area contributed by atoms with Gasteiger partial charge < -0.3 is 14.5 Å². The Hall–Kier alpha value is -2.84. The van der Waals surface area contributed by atoms with Gasteiger partial charge in [-0.2, -0.15) is 4.31 Å². The van der Waals surface area contributed by atoms with E-state index in [2.05, 4.69) is 4.98 Å². The lowest BCUT2D eigenvalue weighted by Gasteiger charge is -2.36. The first-order chi connectivity index (χ1) is 14.6. The van der Waals surface area contributed by atoms with E-state index in [1.54, 1.807) is 19.2 Å². The molecule has 0 saturated heterocycles. The van der Waals surface area contributed by atoms with Crippen molar-refractivity contribution in [1.29, 1.82) is 0 Å². The second-order valence-corrected chi connectivity index (χ2v) is 9.94. The molecule has 31 heavy (non-hydrogen) atoms. The van der Waals surface area contributed by atoms with Crippen LogP contribution in [-0.4, -0.2) is 44.7 Å². The summed E-state index contributed by atoms with van der Waals surface area (Å²) in [6.45, 7) is 4.27. The fourth-order valence-electron chi connectivity index (χ4n) is 4.30. The number of aromatic nitrogens is 1. The van der Waals surface area contributed by atoms with Crippen molar-refractivity contribution in [3.05, 3.63) is 68.5 Å². The van der Waals surface area contributed by atoms with Gasteiger partial charge in [-0.3, -0.25) is 4.79 Å². The molecule has 4 rings (SSSR count). The maximum Gasteiger partial charge on any atom is 0.253 e. The molecule has 7 nitrogen and oxygen atoms in total. The number of ether oxygens (including phenoxy) is 2. The molecule has 2 aromatic carbocycles. The Balaban J connectivity index is 2.01. The van der Waals surface area contributed by atoms with Crippen LogP contribution >= 0.6 is 0 Å².